The molecule has 0 aliphatic carbocycles. The van der Waals surface area contributed by atoms with E-state index in [9.17, 15) is 4.79 Å². The SMILES string of the molecule is Cc1ccc(OCC(=O)NC(C)CCc2ccco2)c(C)c1. The van der Waals surface area contributed by atoms with Gasteiger partial charge < -0.3 is 14.5 Å². The molecule has 1 heterocycles. The molecule has 1 aromatic heterocycles. The first-order chi connectivity index (χ1) is 10.5. The van der Waals surface area contributed by atoms with Gasteiger partial charge in [-0.2, -0.15) is 0 Å². The van der Waals surface area contributed by atoms with Crippen LogP contribution in [-0.4, -0.2) is 18.6 Å². The van der Waals surface area contributed by atoms with Gasteiger partial charge in [0.1, 0.15) is 11.5 Å². The number of hydrogen-bond donors (Lipinski definition) is 1. The number of carbonyl (C=O) groups is 1. The molecule has 0 saturated heterocycles. The fourth-order valence-electron chi connectivity index (χ4n) is 2.31. The maximum atomic E-state index is 11.9. The molecule has 1 N–H and O–H groups in total. The molecule has 1 atom stereocenters. The van der Waals surface area contributed by atoms with Crippen molar-refractivity contribution in [2.75, 3.05) is 6.61 Å². The summed E-state index contributed by atoms with van der Waals surface area (Å²) in [6.07, 6.45) is 3.31. The number of rotatable bonds is 7. The summed E-state index contributed by atoms with van der Waals surface area (Å²) in [7, 11) is 0. The van der Waals surface area contributed by atoms with Crippen molar-refractivity contribution < 1.29 is 13.9 Å². The summed E-state index contributed by atoms with van der Waals surface area (Å²) in [5, 5.41) is 2.94. The van der Waals surface area contributed by atoms with E-state index in [1.54, 1.807) is 6.26 Å². The van der Waals surface area contributed by atoms with E-state index in [4.69, 9.17) is 9.15 Å². The second-order valence-corrected chi connectivity index (χ2v) is 5.64. The zero-order valence-electron chi connectivity index (χ0n) is 13.4. The summed E-state index contributed by atoms with van der Waals surface area (Å²) in [5.74, 6) is 1.59. The number of aryl methyl sites for hydroxylation is 3. The molecule has 0 radical (unpaired) electrons. The van der Waals surface area contributed by atoms with Crippen LogP contribution in [0.5, 0.6) is 5.75 Å². The monoisotopic (exact) mass is 301 g/mol. The van der Waals surface area contributed by atoms with Crippen LogP contribution in [0.3, 0.4) is 0 Å². The topological polar surface area (TPSA) is 51.5 Å². The molecule has 2 aromatic rings. The highest BCUT2D eigenvalue weighted by Gasteiger charge is 2.10. The van der Waals surface area contributed by atoms with Crippen LogP contribution in [0.4, 0.5) is 0 Å². The number of nitrogens with one attached hydrogen (secondary N) is 1. The lowest BCUT2D eigenvalue weighted by Crippen LogP contribution is -2.36. The molecule has 0 aliphatic rings. The molecular formula is C18H23NO3. The van der Waals surface area contributed by atoms with Crippen molar-refractivity contribution in [3.8, 4) is 5.75 Å². The van der Waals surface area contributed by atoms with Gasteiger partial charge in [0, 0.05) is 12.5 Å². The average Bonchev–Trinajstić information content (AvgIpc) is 2.97. The Hall–Kier alpha value is -2.23. The predicted octanol–water partition coefficient (Wildman–Crippen LogP) is 3.41. The largest absolute Gasteiger partial charge is 0.484 e. The van der Waals surface area contributed by atoms with Gasteiger partial charge in [0.15, 0.2) is 6.61 Å². The molecule has 2 rings (SSSR count). The van der Waals surface area contributed by atoms with E-state index in [1.165, 1.54) is 5.56 Å². The van der Waals surface area contributed by atoms with Gasteiger partial charge in [0.05, 0.1) is 6.26 Å². The highest BCUT2D eigenvalue weighted by Crippen LogP contribution is 2.18. The maximum absolute atomic E-state index is 11.9. The van der Waals surface area contributed by atoms with Gasteiger partial charge in [-0.15, -0.1) is 0 Å². The Morgan fingerprint density at radius 1 is 1.32 bits per heavy atom. The third kappa shape index (κ3) is 4.95. The first-order valence-electron chi connectivity index (χ1n) is 7.56. The van der Waals surface area contributed by atoms with E-state index < -0.39 is 0 Å². The van der Waals surface area contributed by atoms with Crippen molar-refractivity contribution in [1.82, 2.24) is 5.32 Å². The van der Waals surface area contributed by atoms with E-state index in [-0.39, 0.29) is 18.6 Å². The van der Waals surface area contributed by atoms with E-state index in [2.05, 4.69) is 5.32 Å². The highest BCUT2D eigenvalue weighted by atomic mass is 16.5. The number of hydrogen-bond acceptors (Lipinski definition) is 3. The molecule has 118 valence electrons. The number of ether oxygens (including phenoxy) is 1. The van der Waals surface area contributed by atoms with Crippen molar-refractivity contribution in [2.24, 2.45) is 0 Å². The summed E-state index contributed by atoms with van der Waals surface area (Å²) in [4.78, 5) is 11.9. The van der Waals surface area contributed by atoms with E-state index in [1.807, 2.05) is 51.1 Å². The third-order valence-corrected chi connectivity index (χ3v) is 3.50. The summed E-state index contributed by atoms with van der Waals surface area (Å²) >= 11 is 0. The summed E-state index contributed by atoms with van der Waals surface area (Å²) in [6.45, 7) is 6.03. The first-order valence-corrected chi connectivity index (χ1v) is 7.56. The van der Waals surface area contributed by atoms with Gasteiger partial charge in [-0.3, -0.25) is 4.79 Å². The molecule has 0 aliphatic heterocycles. The lowest BCUT2D eigenvalue weighted by Gasteiger charge is -2.14. The first kappa shape index (κ1) is 16.1. The molecule has 1 aromatic carbocycles. The van der Waals surface area contributed by atoms with Gasteiger partial charge in [-0.25, -0.2) is 0 Å². The molecule has 4 nitrogen and oxygen atoms in total. The zero-order chi connectivity index (χ0) is 15.9. The minimum Gasteiger partial charge on any atom is -0.484 e. The molecule has 0 fully saturated rings. The second-order valence-electron chi connectivity index (χ2n) is 5.64. The Morgan fingerprint density at radius 3 is 2.82 bits per heavy atom. The van der Waals surface area contributed by atoms with Crippen LogP contribution >= 0.6 is 0 Å². The average molecular weight is 301 g/mol. The van der Waals surface area contributed by atoms with Crippen molar-refractivity contribution in [3.63, 3.8) is 0 Å². The normalized spacial score (nSPS) is 12.0. The van der Waals surface area contributed by atoms with Crippen LogP contribution in [-0.2, 0) is 11.2 Å². The minimum absolute atomic E-state index is 0.0367. The minimum atomic E-state index is -0.105. The standard InChI is InChI=1S/C18H23NO3/c1-13-6-9-17(14(2)11-13)22-12-18(20)19-15(3)7-8-16-5-4-10-21-16/h4-6,9-11,15H,7-8,12H2,1-3H3,(H,19,20). The predicted molar refractivity (Wildman–Crippen MR) is 86.0 cm³/mol. The van der Waals surface area contributed by atoms with E-state index >= 15 is 0 Å². The number of benzene rings is 1. The molecule has 1 amide bonds. The fraction of sp³-hybridized carbons (Fsp3) is 0.389. The maximum Gasteiger partial charge on any atom is 0.258 e. The van der Waals surface area contributed by atoms with Crippen LogP contribution in [0.2, 0.25) is 0 Å². The fourth-order valence-corrected chi connectivity index (χ4v) is 2.31. The summed E-state index contributed by atoms with van der Waals surface area (Å²) < 4.78 is 10.9. The summed E-state index contributed by atoms with van der Waals surface area (Å²) in [5.41, 5.74) is 2.22. The number of furan rings is 1. The van der Waals surface area contributed by atoms with Crippen molar-refractivity contribution >= 4 is 5.91 Å². The van der Waals surface area contributed by atoms with Crippen molar-refractivity contribution in [2.45, 2.75) is 39.7 Å². The van der Waals surface area contributed by atoms with Crippen LogP contribution in [0.25, 0.3) is 0 Å². The van der Waals surface area contributed by atoms with Crippen LogP contribution in [0.1, 0.15) is 30.2 Å². The zero-order valence-corrected chi connectivity index (χ0v) is 13.4. The van der Waals surface area contributed by atoms with Crippen LogP contribution < -0.4 is 10.1 Å². The van der Waals surface area contributed by atoms with Gasteiger partial charge in [0.25, 0.3) is 5.91 Å². The van der Waals surface area contributed by atoms with Gasteiger partial charge in [-0.05, 0) is 51.0 Å². The van der Waals surface area contributed by atoms with E-state index in [0.29, 0.717) is 0 Å². The Morgan fingerprint density at radius 2 is 2.14 bits per heavy atom. The Balaban J connectivity index is 1.72. The van der Waals surface area contributed by atoms with Gasteiger partial charge in [-0.1, -0.05) is 17.7 Å². The van der Waals surface area contributed by atoms with Gasteiger partial charge >= 0.3 is 0 Å². The Bertz CT molecular complexity index is 605. The molecule has 0 bridgehead atoms. The smallest absolute Gasteiger partial charge is 0.258 e. The second kappa shape index (κ2) is 7.69. The van der Waals surface area contributed by atoms with Crippen molar-refractivity contribution in [3.05, 3.63) is 53.5 Å². The molecular weight excluding hydrogens is 278 g/mol. The van der Waals surface area contributed by atoms with E-state index in [0.717, 1.165) is 29.9 Å². The lowest BCUT2D eigenvalue weighted by molar-refractivity contribution is -0.123. The van der Waals surface area contributed by atoms with Crippen molar-refractivity contribution in [1.29, 1.82) is 0 Å². The Labute approximate surface area is 131 Å². The highest BCUT2D eigenvalue weighted by molar-refractivity contribution is 5.77. The van der Waals surface area contributed by atoms with Crippen LogP contribution in [0, 0.1) is 13.8 Å². The lowest BCUT2D eigenvalue weighted by atomic mass is 10.1. The summed E-state index contributed by atoms with van der Waals surface area (Å²) in [6, 6.07) is 9.82. The quantitative estimate of drug-likeness (QED) is 0.852. The van der Waals surface area contributed by atoms with Gasteiger partial charge in [0.2, 0.25) is 0 Å². The number of carbonyl (C=O) groups excluding carboxylic acids is 1. The third-order valence-electron chi connectivity index (χ3n) is 3.50. The molecule has 22 heavy (non-hydrogen) atoms. The Kier molecular flexibility index (Phi) is 5.64. The molecule has 0 spiro atoms. The number of amides is 1. The molecule has 4 heteroatoms. The molecule has 0 saturated carbocycles. The van der Waals surface area contributed by atoms with Crippen LogP contribution in [0.15, 0.2) is 41.0 Å². The molecule has 1 unspecified atom stereocenters.